The van der Waals surface area contributed by atoms with Gasteiger partial charge in [0.25, 0.3) is 0 Å². The number of hydrogen-bond acceptors (Lipinski definition) is 2. The second-order valence-corrected chi connectivity index (χ2v) is 3.88. The van der Waals surface area contributed by atoms with Crippen LogP contribution >= 0.6 is 11.8 Å². The van der Waals surface area contributed by atoms with Crippen molar-refractivity contribution in [3.63, 3.8) is 0 Å². The Bertz CT molecular complexity index is 360. The first-order valence-corrected chi connectivity index (χ1v) is 6.03. The zero-order chi connectivity index (χ0) is 11.1. The van der Waals surface area contributed by atoms with Gasteiger partial charge < -0.3 is 5.32 Å². The quantitative estimate of drug-likeness (QED) is 0.625. The molecule has 0 aliphatic heterocycles. The zero-order valence-electron chi connectivity index (χ0n) is 8.99. The van der Waals surface area contributed by atoms with Crippen molar-refractivity contribution in [3.8, 4) is 0 Å². The maximum absolute atomic E-state index is 11.2. The fourth-order valence-electron chi connectivity index (χ4n) is 1.24. The molecule has 1 aromatic carbocycles. The van der Waals surface area contributed by atoms with E-state index in [0.717, 1.165) is 5.56 Å². The highest BCUT2D eigenvalue weighted by molar-refractivity contribution is 7.98. The third-order valence-corrected chi connectivity index (χ3v) is 2.80. The van der Waals surface area contributed by atoms with Crippen LogP contribution in [0.5, 0.6) is 0 Å². The minimum atomic E-state index is -0.0478. The van der Waals surface area contributed by atoms with Gasteiger partial charge in [-0.25, -0.2) is 0 Å². The molecule has 15 heavy (non-hydrogen) atoms. The van der Waals surface area contributed by atoms with Crippen molar-refractivity contribution >= 4 is 17.7 Å². The number of allylic oxidation sites excluding steroid dienone is 1. The van der Waals surface area contributed by atoms with Crippen LogP contribution in [0.2, 0.25) is 0 Å². The Kier molecular flexibility index (Phi) is 4.98. The van der Waals surface area contributed by atoms with Gasteiger partial charge in [-0.3, -0.25) is 4.79 Å². The molecule has 1 N–H and O–H groups in total. The molecule has 1 amide bonds. The van der Waals surface area contributed by atoms with Gasteiger partial charge in [0, 0.05) is 11.4 Å². The lowest BCUT2D eigenvalue weighted by atomic mass is 10.2. The third kappa shape index (κ3) is 3.80. The maximum atomic E-state index is 11.2. The molecule has 2 nitrogen and oxygen atoms in total. The van der Waals surface area contributed by atoms with E-state index in [1.165, 1.54) is 11.0 Å². The summed E-state index contributed by atoms with van der Waals surface area (Å²) in [5.74, 6) is -0.0478. The van der Waals surface area contributed by atoms with Gasteiger partial charge in [-0.15, -0.1) is 11.8 Å². The van der Waals surface area contributed by atoms with E-state index in [2.05, 4.69) is 11.4 Å². The SMILES string of the molecule is C/C=C/C(=O)NCc1ccccc1SC. The number of carbonyl (C=O) groups is 1. The number of carbonyl (C=O) groups excluding carboxylic acids is 1. The number of thioether (sulfide) groups is 1. The molecule has 1 rings (SSSR count). The van der Waals surface area contributed by atoms with E-state index in [1.807, 2.05) is 31.4 Å². The van der Waals surface area contributed by atoms with Gasteiger partial charge in [-0.05, 0) is 30.9 Å². The molecule has 0 heterocycles. The van der Waals surface area contributed by atoms with Gasteiger partial charge >= 0.3 is 0 Å². The summed E-state index contributed by atoms with van der Waals surface area (Å²) in [4.78, 5) is 12.4. The van der Waals surface area contributed by atoms with Gasteiger partial charge in [0.15, 0.2) is 0 Å². The maximum Gasteiger partial charge on any atom is 0.243 e. The second-order valence-electron chi connectivity index (χ2n) is 3.03. The molecule has 0 fully saturated rings. The smallest absolute Gasteiger partial charge is 0.243 e. The number of rotatable bonds is 4. The van der Waals surface area contributed by atoms with Gasteiger partial charge in [0.2, 0.25) is 5.91 Å². The Morgan fingerprint density at radius 2 is 2.20 bits per heavy atom. The van der Waals surface area contributed by atoms with Gasteiger partial charge in [-0.2, -0.15) is 0 Å². The minimum absolute atomic E-state index is 0.0478. The fraction of sp³-hybridized carbons (Fsp3) is 0.250. The highest BCUT2D eigenvalue weighted by Crippen LogP contribution is 2.19. The number of nitrogens with one attached hydrogen (secondary N) is 1. The Labute approximate surface area is 94.8 Å². The summed E-state index contributed by atoms with van der Waals surface area (Å²) in [5.41, 5.74) is 1.16. The minimum Gasteiger partial charge on any atom is -0.348 e. The van der Waals surface area contributed by atoms with E-state index in [1.54, 1.807) is 17.8 Å². The number of benzene rings is 1. The molecule has 0 radical (unpaired) electrons. The summed E-state index contributed by atoms with van der Waals surface area (Å²) in [6, 6.07) is 8.07. The number of hydrogen-bond donors (Lipinski definition) is 1. The first-order valence-electron chi connectivity index (χ1n) is 4.80. The van der Waals surface area contributed by atoms with Crippen LogP contribution in [0.1, 0.15) is 12.5 Å². The molecular weight excluding hydrogens is 206 g/mol. The first-order chi connectivity index (χ1) is 7.27. The predicted molar refractivity (Wildman–Crippen MR) is 64.9 cm³/mol. The van der Waals surface area contributed by atoms with Gasteiger partial charge in [0.1, 0.15) is 0 Å². The molecule has 0 aliphatic carbocycles. The molecule has 0 spiro atoms. The van der Waals surface area contributed by atoms with E-state index < -0.39 is 0 Å². The summed E-state index contributed by atoms with van der Waals surface area (Å²) in [6.07, 6.45) is 5.30. The molecule has 3 heteroatoms. The van der Waals surface area contributed by atoms with Crippen LogP contribution in [0.3, 0.4) is 0 Å². The molecular formula is C12H15NOS. The van der Waals surface area contributed by atoms with Crippen LogP contribution < -0.4 is 5.32 Å². The van der Waals surface area contributed by atoms with E-state index in [4.69, 9.17) is 0 Å². The van der Waals surface area contributed by atoms with Crippen molar-refractivity contribution in [2.24, 2.45) is 0 Å². The van der Waals surface area contributed by atoms with Crippen LogP contribution in [-0.2, 0) is 11.3 Å². The summed E-state index contributed by atoms with van der Waals surface area (Å²) in [7, 11) is 0. The molecule has 1 aromatic rings. The lowest BCUT2D eigenvalue weighted by molar-refractivity contribution is -0.116. The third-order valence-electron chi connectivity index (χ3n) is 1.96. The highest BCUT2D eigenvalue weighted by atomic mass is 32.2. The monoisotopic (exact) mass is 221 g/mol. The predicted octanol–water partition coefficient (Wildman–Crippen LogP) is 2.60. The second kappa shape index (κ2) is 6.30. The Morgan fingerprint density at radius 1 is 1.47 bits per heavy atom. The van der Waals surface area contributed by atoms with E-state index in [9.17, 15) is 4.79 Å². The van der Waals surface area contributed by atoms with Crippen molar-refractivity contribution < 1.29 is 4.79 Å². The molecule has 80 valence electrons. The Balaban J connectivity index is 2.60. The summed E-state index contributed by atoms with van der Waals surface area (Å²) in [5, 5.41) is 2.84. The summed E-state index contributed by atoms with van der Waals surface area (Å²) < 4.78 is 0. The van der Waals surface area contributed by atoms with Gasteiger partial charge in [0.05, 0.1) is 0 Å². The molecule has 0 saturated carbocycles. The molecule has 0 aromatic heterocycles. The van der Waals surface area contributed by atoms with Crippen molar-refractivity contribution in [2.75, 3.05) is 6.26 Å². The molecule has 0 unspecified atom stereocenters. The standard InChI is InChI=1S/C12H15NOS/c1-3-6-12(14)13-9-10-7-4-5-8-11(10)15-2/h3-8H,9H2,1-2H3,(H,13,14)/b6-3+. The van der Waals surface area contributed by atoms with E-state index >= 15 is 0 Å². The van der Waals surface area contributed by atoms with Crippen LogP contribution in [0.25, 0.3) is 0 Å². The highest BCUT2D eigenvalue weighted by Gasteiger charge is 2.01. The number of amides is 1. The summed E-state index contributed by atoms with van der Waals surface area (Å²) in [6.45, 7) is 2.41. The summed E-state index contributed by atoms with van der Waals surface area (Å²) >= 11 is 1.69. The topological polar surface area (TPSA) is 29.1 Å². The van der Waals surface area contributed by atoms with Crippen LogP contribution in [0, 0.1) is 0 Å². The molecule has 0 saturated heterocycles. The lowest BCUT2D eigenvalue weighted by Crippen LogP contribution is -2.20. The van der Waals surface area contributed by atoms with Crippen molar-refractivity contribution in [1.29, 1.82) is 0 Å². The average Bonchev–Trinajstić information content (AvgIpc) is 2.27. The lowest BCUT2D eigenvalue weighted by Gasteiger charge is -2.07. The average molecular weight is 221 g/mol. The molecule has 0 aliphatic rings. The van der Waals surface area contributed by atoms with Crippen LogP contribution in [0.4, 0.5) is 0 Å². The Morgan fingerprint density at radius 3 is 2.87 bits per heavy atom. The Hall–Kier alpha value is -1.22. The van der Waals surface area contributed by atoms with Crippen LogP contribution in [-0.4, -0.2) is 12.2 Å². The van der Waals surface area contributed by atoms with E-state index in [-0.39, 0.29) is 5.91 Å². The van der Waals surface area contributed by atoms with Crippen molar-refractivity contribution in [3.05, 3.63) is 42.0 Å². The van der Waals surface area contributed by atoms with Gasteiger partial charge in [-0.1, -0.05) is 24.3 Å². The van der Waals surface area contributed by atoms with Crippen molar-refractivity contribution in [1.82, 2.24) is 5.32 Å². The molecule has 0 atom stereocenters. The largest absolute Gasteiger partial charge is 0.348 e. The van der Waals surface area contributed by atoms with Crippen LogP contribution in [0.15, 0.2) is 41.3 Å². The first kappa shape index (κ1) is 11.9. The zero-order valence-corrected chi connectivity index (χ0v) is 9.80. The van der Waals surface area contributed by atoms with Crippen molar-refractivity contribution in [2.45, 2.75) is 18.4 Å². The fourth-order valence-corrected chi connectivity index (χ4v) is 1.86. The molecule has 0 bridgehead atoms. The normalized spacial score (nSPS) is 10.5. The van der Waals surface area contributed by atoms with E-state index in [0.29, 0.717) is 6.54 Å².